The van der Waals surface area contributed by atoms with Crippen LogP contribution in [-0.2, 0) is 0 Å². The molecule has 0 radical (unpaired) electrons. The molecular weight excluding hydrogens is 244 g/mol. The summed E-state index contributed by atoms with van der Waals surface area (Å²) in [6.45, 7) is 5.91. The van der Waals surface area contributed by atoms with Crippen LogP contribution >= 0.6 is 0 Å². The second-order valence-electron chi connectivity index (χ2n) is 3.90. The van der Waals surface area contributed by atoms with Crippen LogP contribution in [0.1, 0.15) is 13.8 Å². The number of hydrogen-bond acceptors (Lipinski definition) is 6. The third-order valence-corrected chi connectivity index (χ3v) is 2.77. The fraction of sp³-hybridized carbons (Fsp3) is 0.308. The van der Waals surface area contributed by atoms with E-state index in [1.54, 1.807) is 18.2 Å². The van der Waals surface area contributed by atoms with Crippen molar-refractivity contribution in [3.05, 3.63) is 30.5 Å². The molecule has 0 amide bonds. The molecular formula is C13H16N4O2. The van der Waals surface area contributed by atoms with Gasteiger partial charge in [0.25, 0.3) is 0 Å². The van der Waals surface area contributed by atoms with Gasteiger partial charge >= 0.3 is 0 Å². The number of benzene rings is 1. The van der Waals surface area contributed by atoms with Gasteiger partial charge in [-0.25, -0.2) is 0 Å². The summed E-state index contributed by atoms with van der Waals surface area (Å²) < 4.78 is 4.64. The first kappa shape index (κ1) is 13.1. The molecule has 100 valence electrons. The standard InChI is InChI=1S/C13H16N4O2/c1-3-17(4-2)10-5-6-11(12(18)9-10)14-15-13-7-8-19-16-13/h5-9,18H,3-4H2,1-2H3. The summed E-state index contributed by atoms with van der Waals surface area (Å²) in [6.07, 6.45) is 1.41. The largest absolute Gasteiger partial charge is 0.506 e. The molecule has 0 aliphatic heterocycles. The van der Waals surface area contributed by atoms with Crippen LogP contribution < -0.4 is 4.90 Å². The monoisotopic (exact) mass is 260 g/mol. The van der Waals surface area contributed by atoms with E-state index in [0.717, 1.165) is 18.8 Å². The van der Waals surface area contributed by atoms with Crippen LogP contribution in [0.15, 0.2) is 45.3 Å². The molecule has 0 saturated heterocycles. The Hall–Kier alpha value is -2.37. The van der Waals surface area contributed by atoms with Gasteiger partial charge in [0.05, 0.1) is 0 Å². The van der Waals surface area contributed by atoms with Crippen LogP contribution in [0, 0.1) is 0 Å². The molecule has 0 unspecified atom stereocenters. The number of azo groups is 1. The Labute approximate surface area is 111 Å². The molecule has 6 heteroatoms. The molecule has 0 fully saturated rings. The van der Waals surface area contributed by atoms with Gasteiger partial charge in [0.2, 0.25) is 5.82 Å². The minimum atomic E-state index is 0.0941. The van der Waals surface area contributed by atoms with Crippen molar-refractivity contribution in [2.75, 3.05) is 18.0 Å². The molecule has 1 aromatic carbocycles. The third kappa shape index (κ3) is 3.09. The third-order valence-electron chi connectivity index (χ3n) is 2.77. The van der Waals surface area contributed by atoms with Gasteiger partial charge in [-0.3, -0.25) is 0 Å². The number of phenols is 1. The van der Waals surface area contributed by atoms with Crippen molar-refractivity contribution < 1.29 is 9.63 Å². The van der Waals surface area contributed by atoms with Crippen LogP contribution in [0.3, 0.4) is 0 Å². The molecule has 2 rings (SSSR count). The average molecular weight is 260 g/mol. The van der Waals surface area contributed by atoms with E-state index >= 15 is 0 Å². The molecule has 19 heavy (non-hydrogen) atoms. The topological polar surface area (TPSA) is 74.2 Å². The van der Waals surface area contributed by atoms with Crippen LogP contribution in [0.4, 0.5) is 17.2 Å². The molecule has 0 aliphatic rings. The number of anilines is 1. The van der Waals surface area contributed by atoms with Crippen molar-refractivity contribution in [2.24, 2.45) is 10.2 Å². The van der Waals surface area contributed by atoms with E-state index in [9.17, 15) is 5.11 Å². The predicted molar refractivity (Wildman–Crippen MR) is 72.3 cm³/mol. The minimum absolute atomic E-state index is 0.0941. The van der Waals surface area contributed by atoms with Crippen molar-refractivity contribution in [3.63, 3.8) is 0 Å². The van der Waals surface area contributed by atoms with Crippen molar-refractivity contribution in [2.45, 2.75) is 13.8 Å². The first-order valence-corrected chi connectivity index (χ1v) is 6.14. The van der Waals surface area contributed by atoms with E-state index < -0.39 is 0 Å². The zero-order valence-electron chi connectivity index (χ0n) is 10.9. The smallest absolute Gasteiger partial charge is 0.216 e. The van der Waals surface area contributed by atoms with Gasteiger partial charge in [-0.15, -0.1) is 10.2 Å². The second kappa shape index (κ2) is 5.99. The summed E-state index contributed by atoms with van der Waals surface area (Å²) in [5.74, 6) is 0.462. The SMILES string of the molecule is CCN(CC)c1ccc(N=Nc2ccon2)c(O)c1. The second-order valence-corrected chi connectivity index (χ2v) is 3.90. The average Bonchev–Trinajstić information content (AvgIpc) is 2.92. The highest BCUT2D eigenvalue weighted by molar-refractivity contribution is 5.61. The number of hydrogen-bond donors (Lipinski definition) is 1. The number of aromatic nitrogens is 1. The lowest BCUT2D eigenvalue weighted by atomic mass is 10.2. The molecule has 0 saturated carbocycles. The van der Waals surface area contributed by atoms with Crippen molar-refractivity contribution >= 4 is 17.2 Å². The van der Waals surface area contributed by atoms with Crippen molar-refractivity contribution in [1.29, 1.82) is 0 Å². The first-order valence-electron chi connectivity index (χ1n) is 6.14. The summed E-state index contributed by atoms with van der Waals surface area (Å²) in [6, 6.07) is 6.91. The van der Waals surface area contributed by atoms with Crippen LogP contribution in [0.25, 0.3) is 0 Å². The number of aromatic hydroxyl groups is 1. The highest BCUT2D eigenvalue weighted by Crippen LogP contribution is 2.31. The van der Waals surface area contributed by atoms with Gasteiger partial charge < -0.3 is 14.5 Å². The maximum atomic E-state index is 9.94. The summed E-state index contributed by atoms with van der Waals surface area (Å²) in [5, 5.41) is 21.3. The van der Waals surface area contributed by atoms with Crippen LogP contribution in [0.2, 0.25) is 0 Å². The quantitative estimate of drug-likeness (QED) is 0.833. The zero-order chi connectivity index (χ0) is 13.7. The van der Waals surface area contributed by atoms with Gasteiger partial charge in [-0.05, 0) is 26.0 Å². The van der Waals surface area contributed by atoms with E-state index in [-0.39, 0.29) is 5.75 Å². The molecule has 0 atom stereocenters. The van der Waals surface area contributed by atoms with E-state index in [1.165, 1.54) is 6.26 Å². The fourth-order valence-corrected chi connectivity index (χ4v) is 1.74. The molecule has 1 heterocycles. The minimum Gasteiger partial charge on any atom is -0.506 e. The molecule has 0 aliphatic carbocycles. The molecule has 0 bridgehead atoms. The highest BCUT2D eigenvalue weighted by Gasteiger charge is 2.06. The fourth-order valence-electron chi connectivity index (χ4n) is 1.74. The van der Waals surface area contributed by atoms with Gasteiger partial charge in [0, 0.05) is 30.9 Å². The number of phenolic OH excluding ortho intramolecular Hbond substituents is 1. The Morgan fingerprint density at radius 1 is 1.21 bits per heavy atom. The van der Waals surface area contributed by atoms with Crippen molar-refractivity contribution in [3.8, 4) is 5.75 Å². The van der Waals surface area contributed by atoms with E-state index in [0.29, 0.717) is 11.5 Å². The summed E-state index contributed by atoms with van der Waals surface area (Å²) in [7, 11) is 0. The van der Waals surface area contributed by atoms with Crippen molar-refractivity contribution in [1.82, 2.24) is 5.16 Å². The lowest BCUT2D eigenvalue weighted by Crippen LogP contribution is -2.21. The lowest BCUT2D eigenvalue weighted by Gasteiger charge is -2.21. The first-order chi connectivity index (χ1) is 9.24. The molecule has 6 nitrogen and oxygen atoms in total. The molecule has 1 N–H and O–H groups in total. The molecule has 0 spiro atoms. The Bertz CT molecular complexity index is 548. The summed E-state index contributed by atoms with van der Waals surface area (Å²) >= 11 is 0. The van der Waals surface area contributed by atoms with Gasteiger partial charge in [0.1, 0.15) is 17.7 Å². The van der Waals surface area contributed by atoms with E-state index in [1.807, 2.05) is 6.07 Å². The van der Waals surface area contributed by atoms with Gasteiger partial charge in [-0.2, -0.15) is 0 Å². The predicted octanol–water partition coefficient (Wildman–Crippen LogP) is 3.64. The maximum absolute atomic E-state index is 9.94. The Morgan fingerprint density at radius 2 is 2.00 bits per heavy atom. The van der Waals surface area contributed by atoms with Crippen LogP contribution in [-0.4, -0.2) is 23.4 Å². The van der Waals surface area contributed by atoms with E-state index in [4.69, 9.17) is 0 Å². The Balaban J connectivity index is 2.20. The molecule has 1 aromatic heterocycles. The summed E-state index contributed by atoms with van der Waals surface area (Å²) in [4.78, 5) is 2.14. The van der Waals surface area contributed by atoms with Gasteiger partial charge in [-0.1, -0.05) is 5.16 Å². The maximum Gasteiger partial charge on any atom is 0.216 e. The van der Waals surface area contributed by atoms with E-state index in [2.05, 4.69) is 38.7 Å². The van der Waals surface area contributed by atoms with Gasteiger partial charge in [0.15, 0.2) is 0 Å². The van der Waals surface area contributed by atoms with Crippen LogP contribution in [0.5, 0.6) is 5.75 Å². The Kier molecular flexibility index (Phi) is 4.12. The highest BCUT2D eigenvalue weighted by atomic mass is 16.5. The number of rotatable bonds is 5. The lowest BCUT2D eigenvalue weighted by molar-refractivity contribution is 0.421. The zero-order valence-corrected chi connectivity index (χ0v) is 10.9. The normalized spacial score (nSPS) is 11.1. The Morgan fingerprint density at radius 3 is 2.58 bits per heavy atom. The number of nitrogens with zero attached hydrogens (tertiary/aromatic N) is 4. The molecule has 2 aromatic rings. The summed E-state index contributed by atoms with van der Waals surface area (Å²) in [5.41, 5.74) is 1.36.